The molecule has 3 heterocycles. The highest BCUT2D eigenvalue weighted by atomic mass is 32.1. The summed E-state index contributed by atoms with van der Waals surface area (Å²) in [4.78, 5) is 35.9. The van der Waals surface area contributed by atoms with Crippen molar-refractivity contribution >= 4 is 23.1 Å². The van der Waals surface area contributed by atoms with Crippen LogP contribution in [-0.4, -0.2) is 34.6 Å². The Balaban J connectivity index is 2.02. The fourth-order valence-corrected chi connectivity index (χ4v) is 3.28. The summed E-state index contributed by atoms with van der Waals surface area (Å²) in [5.74, 6) is 0.266. The van der Waals surface area contributed by atoms with Crippen LogP contribution < -0.4 is 10.9 Å². The number of nitrogens with zero attached hydrogens (tertiary/aromatic N) is 2. The molecule has 0 radical (unpaired) electrons. The fourth-order valence-electron chi connectivity index (χ4n) is 2.46. The number of H-pyrrole nitrogens is 1. The van der Waals surface area contributed by atoms with E-state index in [0.717, 1.165) is 16.4 Å². The van der Waals surface area contributed by atoms with Crippen molar-refractivity contribution in [1.82, 2.24) is 15.0 Å². The zero-order valence-corrected chi connectivity index (χ0v) is 15.4. The molecule has 0 spiro atoms. The van der Waals surface area contributed by atoms with Crippen LogP contribution in [0.4, 0.5) is 5.82 Å². The molecule has 0 fully saturated rings. The highest BCUT2D eigenvalue weighted by Gasteiger charge is 2.17. The van der Waals surface area contributed by atoms with Crippen molar-refractivity contribution in [3.8, 4) is 21.8 Å². The van der Waals surface area contributed by atoms with E-state index in [0.29, 0.717) is 22.5 Å². The zero-order chi connectivity index (χ0) is 18.7. The molecule has 7 nitrogen and oxygen atoms in total. The molecule has 0 aliphatic rings. The first kappa shape index (κ1) is 17.8. The number of aromatic nitrogens is 3. The minimum atomic E-state index is -0.467. The quantitative estimate of drug-likeness (QED) is 0.670. The number of pyridine rings is 2. The molecule has 0 aliphatic heterocycles. The molecule has 0 unspecified atom stereocenters. The summed E-state index contributed by atoms with van der Waals surface area (Å²) in [7, 11) is 1.79. The third kappa shape index (κ3) is 3.50. The average molecular weight is 370 g/mol. The molecule has 26 heavy (non-hydrogen) atoms. The Morgan fingerprint density at radius 2 is 2.19 bits per heavy atom. The molecule has 0 saturated carbocycles. The zero-order valence-electron chi connectivity index (χ0n) is 14.6. The Hall–Kier alpha value is -3.00. The van der Waals surface area contributed by atoms with Gasteiger partial charge < -0.3 is 15.0 Å². The number of carbonyl (C=O) groups excluding carboxylic acids is 1. The van der Waals surface area contributed by atoms with Crippen LogP contribution in [0.5, 0.6) is 0 Å². The summed E-state index contributed by atoms with van der Waals surface area (Å²) in [6, 6.07) is 5.27. The molecule has 2 N–H and O–H groups in total. The minimum Gasteiger partial charge on any atom is -0.462 e. The molecule has 0 saturated heterocycles. The van der Waals surface area contributed by atoms with E-state index in [2.05, 4.69) is 20.3 Å². The van der Waals surface area contributed by atoms with Gasteiger partial charge in [0.15, 0.2) is 0 Å². The number of esters is 1. The third-order valence-electron chi connectivity index (χ3n) is 3.78. The van der Waals surface area contributed by atoms with Crippen LogP contribution in [0.25, 0.3) is 21.8 Å². The highest BCUT2D eigenvalue weighted by Crippen LogP contribution is 2.29. The van der Waals surface area contributed by atoms with Crippen molar-refractivity contribution in [3.63, 3.8) is 0 Å². The lowest BCUT2D eigenvalue weighted by Crippen LogP contribution is -2.16. The molecule has 0 atom stereocenters. The van der Waals surface area contributed by atoms with E-state index in [-0.39, 0.29) is 12.2 Å². The predicted octanol–water partition coefficient (Wildman–Crippen LogP) is 3.09. The lowest BCUT2D eigenvalue weighted by atomic mass is 10.1. The van der Waals surface area contributed by atoms with Crippen LogP contribution in [-0.2, 0) is 4.74 Å². The Bertz CT molecular complexity index is 1010. The molecule has 0 amide bonds. The Labute approximate surface area is 154 Å². The van der Waals surface area contributed by atoms with Gasteiger partial charge in [-0.05, 0) is 32.0 Å². The van der Waals surface area contributed by atoms with E-state index in [1.54, 1.807) is 32.5 Å². The van der Waals surface area contributed by atoms with Gasteiger partial charge in [-0.1, -0.05) is 0 Å². The maximum absolute atomic E-state index is 12.4. The maximum Gasteiger partial charge on any atom is 0.339 e. The van der Waals surface area contributed by atoms with Crippen molar-refractivity contribution < 1.29 is 9.53 Å². The second kappa shape index (κ2) is 7.49. The first-order chi connectivity index (χ1) is 12.5. The SMILES string of the molecule is CCOC(=O)c1cc(-c2csc(-c3ccnc(NC)c3)n2)c(=O)[nH]c1C. The minimum absolute atomic E-state index is 0.267. The summed E-state index contributed by atoms with van der Waals surface area (Å²) in [5.41, 5.74) is 2.26. The number of carbonyl (C=O) groups is 1. The van der Waals surface area contributed by atoms with Gasteiger partial charge in [-0.2, -0.15) is 0 Å². The first-order valence-electron chi connectivity index (χ1n) is 8.04. The molecule has 0 aliphatic carbocycles. The Morgan fingerprint density at radius 1 is 1.38 bits per heavy atom. The van der Waals surface area contributed by atoms with Gasteiger partial charge in [0.25, 0.3) is 5.56 Å². The summed E-state index contributed by atoms with van der Waals surface area (Å²) < 4.78 is 5.05. The fraction of sp³-hybridized carbons (Fsp3) is 0.222. The monoisotopic (exact) mass is 370 g/mol. The highest BCUT2D eigenvalue weighted by molar-refractivity contribution is 7.13. The molecule has 134 valence electrons. The van der Waals surface area contributed by atoms with Crippen LogP contribution in [0, 0.1) is 6.92 Å². The van der Waals surface area contributed by atoms with Crippen LogP contribution in [0.2, 0.25) is 0 Å². The largest absolute Gasteiger partial charge is 0.462 e. The molecule has 3 rings (SSSR count). The number of hydrogen-bond acceptors (Lipinski definition) is 7. The van der Waals surface area contributed by atoms with Crippen molar-refractivity contribution in [1.29, 1.82) is 0 Å². The number of aryl methyl sites for hydroxylation is 1. The van der Waals surface area contributed by atoms with Gasteiger partial charge >= 0.3 is 5.97 Å². The number of hydrogen-bond donors (Lipinski definition) is 2. The topological polar surface area (TPSA) is 97.0 Å². The molecule has 3 aromatic heterocycles. The lowest BCUT2D eigenvalue weighted by molar-refractivity contribution is 0.0525. The normalized spacial score (nSPS) is 10.6. The van der Waals surface area contributed by atoms with E-state index in [1.807, 2.05) is 12.1 Å². The van der Waals surface area contributed by atoms with Crippen molar-refractivity contribution in [2.24, 2.45) is 0 Å². The molecule has 3 aromatic rings. The predicted molar refractivity (Wildman–Crippen MR) is 102 cm³/mol. The lowest BCUT2D eigenvalue weighted by Gasteiger charge is -2.06. The van der Waals surface area contributed by atoms with Gasteiger partial charge in [0.05, 0.1) is 23.4 Å². The standard InChI is InChI=1S/C18H18N4O3S/c1-4-25-18(24)12-8-13(16(23)21-10(12)2)14-9-26-17(22-14)11-5-6-20-15(7-11)19-3/h5-9H,4H2,1-3H3,(H,19,20)(H,21,23). The maximum atomic E-state index is 12.4. The number of nitrogens with one attached hydrogen (secondary N) is 2. The summed E-state index contributed by atoms with van der Waals surface area (Å²) >= 11 is 1.42. The summed E-state index contributed by atoms with van der Waals surface area (Å²) in [6.45, 7) is 3.67. The van der Waals surface area contributed by atoms with Crippen LogP contribution in [0.15, 0.2) is 34.6 Å². The van der Waals surface area contributed by atoms with E-state index in [1.165, 1.54) is 17.4 Å². The molecule has 0 aromatic carbocycles. The first-order valence-corrected chi connectivity index (χ1v) is 8.92. The van der Waals surface area contributed by atoms with Crippen molar-refractivity contribution in [2.45, 2.75) is 13.8 Å². The second-order valence-electron chi connectivity index (χ2n) is 5.49. The van der Waals surface area contributed by atoms with Crippen LogP contribution >= 0.6 is 11.3 Å². The van der Waals surface area contributed by atoms with Gasteiger partial charge in [-0.3, -0.25) is 4.79 Å². The van der Waals surface area contributed by atoms with Gasteiger partial charge in [0.2, 0.25) is 0 Å². The molecular weight excluding hydrogens is 352 g/mol. The van der Waals surface area contributed by atoms with Gasteiger partial charge in [-0.15, -0.1) is 11.3 Å². The van der Waals surface area contributed by atoms with Crippen molar-refractivity contribution in [3.05, 3.63) is 51.4 Å². The summed E-state index contributed by atoms with van der Waals surface area (Å²) in [5, 5.41) is 5.54. The number of rotatable bonds is 5. The van der Waals surface area contributed by atoms with Gasteiger partial charge in [0, 0.05) is 29.9 Å². The number of aromatic amines is 1. The Kier molecular flexibility index (Phi) is 5.13. The van der Waals surface area contributed by atoms with E-state index < -0.39 is 5.97 Å². The molecular formula is C18H18N4O3S. The van der Waals surface area contributed by atoms with Crippen LogP contribution in [0.3, 0.4) is 0 Å². The Morgan fingerprint density at radius 3 is 2.92 bits per heavy atom. The van der Waals surface area contributed by atoms with E-state index >= 15 is 0 Å². The molecule has 0 bridgehead atoms. The summed E-state index contributed by atoms with van der Waals surface area (Å²) in [6.07, 6.45) is 1.69. The number of thiazole rings is 1. The smallest absolute Gasteiger partial charge is 0.339 e. The van der Waals surface area contributed by atoms with E-state index in [4.69, 9.17) is 4.74 Å². The number of ether oxygens (including phenoxy) is 1. The van der Waals surface area contributed by atoms with Crippen molar-refractivity contribution in [2.75, 3.05) is 19.0 Å². The van der Waals surface area contributed by atoms with E-state index in [9.17, 15) is 9.59 Å². The molecule has 8 heteroatoms. The second-order valence-corrected chi connectivity index (χ2v) is 6.35. The van der Waals surface area contributed by atoms with Gasteiger partial charge in [0.1, 0.15) is 10.8 Å². The number of anilines is 1. The third-order valence-corrected chi connectivity index (χ3v) is 4.67. The van der Waals surface area contributed by atoms with Gasteiger partial charge in [-0.25, -0.2) is 14.8 Å². The average Bonchev–Trinajstić information content (AvgIpc) is 3.12. The van der Waals surface area contributed by atoms with Crippen LogP contribution in [0.1, 0.15) is 23.0 Å².